The monoisotopic (exact) mass is 368 g/mol. The van der Waals surface area contributed by atoms with Crippen molar-refractivity contribution in [2.45, 2.75) is 19.9 Å². The minimum absolute atomic E-state index is 0.0495. The molecule has 0 unspecified atom stereocenters. The molecule has 0 aliphatic rings. The number of aryl methyl sites for hydroxylation is 3. The molecule has 0 aliphatic carbocycles. The summed E-state index contributed by atoms with van der Waals surface area (Å²) in [6.45, 7) is 5.33. The first kappa shape index (κ1) is 16.9. The Morgan fingerprint density at radius 1 is 1.37 bits per heavy atom. The highest BCUT2D eigenvalue weighted by atomic mass is 19.1. The minimum Gasteiger partial charge on any atom is -0.323 e. The van der Waals surface area contributed by atoms with Gasteiger partial charge in [0.2, 0.25) is 5.95 Å². The van der Waals surface area contributed by atoms with Gasteiger partial charge in [0.25, 0.3) is 0 Å². The van der Waals surface area contributed by atoms with E-state index in [0.717, 1.165) is 16.9 Å². The van der Waals surface area contributed by atoms with Crippen LogP contribution in [0.15, 0.2) is 42.0 Å². The van der Waals surface area contributed by atoms with E-state index in [4.69, 9.17) is 0 Å². The second-order valence-electron chi connectivity index (χ2n) is 6.22. The highest BCUT2D eigenvalue weighted by molar-refractivity contribution is 5.73. The van der Waals surface area contributed by atoms with Gasteiger partial charge in [-0.3, -0.25) is 9.13 Å². The highest BCUT2D eigenvalue weighted by Crippen LogP contribution is 2.20. The maximum Gasteiger partial charge on any atom is 0.330 e. The Labute approximate surface area is 152 Å². The van der Waals surface area contributed by atoms with Crippen LogP contribution in [0, 0.1) is 6.92 Å². The Bertz CT molecular complexity index is 1240. The van der Waals surface area contributed by atoms with Gasteiger partial charge in [-0.15, -0.1) is 0 Å². The highest BCUT2D eigenvalue weighted by Gasteiger charge is 2.14. The lowest BCUT2D eigenvalue weighted by Crippen LogP contribution is -2.22. The molecular weight excluding hydrogens is 351 g/mol. The average Bonchev–Trinajstić information content (AvgIpc) is 3.17. The van der Waals surface area contributed by atoms with Gasteiger partial charge in [0.15, 0.2) is 11.3 Å². The van der Waals surface area contributed by atoms with Gasteiger partial charge in [-0.1, -0.05) is 6.58 Å². The average molecular weight is 368 g/mol. The summed E-state index contributed by atoms with van der Waals surface area (Å²) in [5.74, 6) is -0.161. The fourth-order valence-corrected chi connectivity index (χ4v) is 2.88. The summed E-state index contributed by atoms with van der Waals surface area (Å²) in [5.41, 5.74) is 3.16. The largest absolute Gasteiger partial charge is 0.330 e. The lowest BCUT2D eigenvalue weighted by Gasteiger charge is -2.09. The molecule has 4 rings (SSSR count). The Morgan fingerprint density at radius 2 is 2.19 bits per heavy atom. The summed E-state index contributed by atoms with van der Waals surface area (Å²) in [4.78, 5) is 25.3. The number of rotatable bonds is 5. The molecule has 4 heterocycles. The third-order valence-electron chi connectivity index (χ3n) is 4.36. The predicted molar refractivity (Wildman–Crippen MR) is 98.6 cm³/mol. The molecule has 138 valence electrons. The summed E-state index contributed by atoms with van der Waals surface area (Å²) in [6.07, 6.45) is 4.88. The van der Waals surface area contributed by atoms with Crippen molar-refractivity contribution >= 4 is 28.4 Å². The molecule has 0 bridgehead atoms. The smallest absolute Gasteiger partial charge is 0.323 e. The molecule has 10 heteroatoms. The third kappa shape index (κ3) is 2.94. The fourth-order valence-electron chi connectivity index (χ4n) is 2.88. The van der Waals surface area contributed by atoms with E-state index in [2.05, 4.69) is 31.9 Å². The number of aromatic nitrogens is 7. The quantitative estimate of drug-likeness (QED) is 0.580. The molecule has 0 amide bonds. The fraction of sp³-hybridized carbons (Fsp3) is 0.235. The van der Waals surface area contributed by atoms with Gasteiger partial charge in [0.1, 0.15) is 11.8 Å². The van der Waals surface area contributed by atoms with Crippen LogP contribution in [0.25, 0.3) is 16.8 Å². The number of allylic oxidation sites excluding steroid dienone is 1. The lowest BCUT2D eigenvalue weighted by atomic mass is 10.2. The normalized spacial score (nSPS) is 11.4. The van der Waals surface area contributed by atoms with E-state index < -0.39 is 5.83 Å². The van der Waals surface area contributed by atoms with E-state index in [9.17, 15) is 9.18 Å². The second-order valence-corrected chi connectivity index (χ2v) is 6.22. The molecule has 0 aliphatic heterocycles. The van der Waals surface area contributed by atoms with Gasteiger partial charge in [0, 0.05) is 20.0 Å². The second kappa shape index (κ2) is 6.31. The summed E-state index contributed by atoms with van der Waals surface area (Å²) < 4.78 is 17.6. The Kier molecular flexibility index (Phi) is 3.94. The molecule has 4 aromatic rings. The molecule has 4 aromatic heterocycles. The van der Waals surface area contributed by atoms with Crippen molar-refractivity contribution in [2.24, 2.45) is 7.05 Å². The van der Waals surface area contributed by atoms with Gasteiger partial charge in [0.05, 0.1) is 23.9 Å². The third-order valence-corrected chi connectivity index (χ3v) is 4.36. The number of halogens is 1. The van der Waals surface area contributed by atoms with Crippen LogP contribution < -0.4 is 11.0 Å². The molecule has 0 fully saturated rings. The van der Waals surface area contributed by atoms with Crippen molar-refractivity contribution in [1.82, 2.24) is 33.7 Å². The van der Waals surface area contributed by atoms with Crippen LogP contribution in [-0.2, 0) is 13.6 Å². The zero-order valence-corrected chi connectivity index (χ0v) is 14.8. The van der Waals surface area contributed by atoms with Crippen LogP contribution >= 0.6 is 0 Å². The first-order chi connectivity index (χ1) is 12.9. The first-order valence-electron chi connectivity index (χ1n) is 8.26. The van der Waals surface area contributed by atoms with E-state index in [0.29, 0.717) is 17.1 Å². The zero-order chi connectivity index (χ0) is 19.1. The number of hydrogen-bond donors (Lipinski definition) is 1. The number of fused-ring (bicyclic) bond motifs is 2. The van der Waals surface area contributed by atoms with Crippen LogP contribution in [0.4, 0.5) is 16.0 Å². The van der Waals surface area contributed by atoms with Gasteiger partial charge in [-0.25, -0.2) is 23.7 Å². The Balaban J connectivity index is 1.75. The number of imidazole rings is 1. The van der Waals surface area contributed by atoms with Crippen LogP contribution in [0.1, 0.15) is 12.0 Å². The van der Waals surface area contributed by atoms with Crippen LogP contribution in [-0.4, -0.2) is 33.7 Å². The van der Waals surface area contributed by atoms with Gasteiger partial charge in [-0.05, 0) is 18.6 Å². The van der Waals surface area contributed by atoms with Crippen LogP contribution in [0.2, 0.25) is 0 Å². The first-order valence-corrected chi connectivity index (χ1v) is 8.26. The molecule has 27 heavy (non-hydrogen) atoms. The summed E-state index contributed by atoms with van der Waals surface area (Å²) >= 11 is 0. The van der Waals surface area contributed by atoms with E-state index in [1.165, 1.54) is 15.5 Å². The molecule has 0 saturated heterocycles. The maximum absolute atomic E-state index is 13.1. The molecule has 0 radical (unpaired) electrons. The van der Waals surface area contributed by atoms with Gasteiger partial charge >= 0.3 is 5.69 Å². The minimum atomic E-state index is -0.483. The summed E-state index contributed by atoms with van der Waals surface area (Å²) in [6, 6.07) is 1.89. The molecule has 1 N–H and O–H groups in total. The van der Waals surface area contributed by atoms with Crippen molar-refractivity contribution in [3.8, 4) is 0 Å². The summed E-state index contributed by atoms with van der Waals surface area (Å²) in [5, 5.41) is 7.25. The number of nitrogens with zero attached hydrogens (tertiary/aromatic N) is 7. The SMILES string of the molecule is C=C(F)CCn1c(=O)n(C)c2cnc(Nc3cn4ncnc4cc3C)nc21. The molecular formula is C17H17FN8O. The maximum atomic E-state index is 13.1. The molecule has 0 saturated carbocycles. The topological polar surface area (TPSA) is 94.9 Å². The molecule has 0 atom stereocenters. The standard InChI is InChI=1S/C17H17FN8O/c1-10-6-14-20-9-21-26(14)8-12(10)22-16-19-7-13-15(23-16)25(5-4-11(2)18)17(27)24(13)3/h6-9H,2,4-5H2,1,3H3,(H,19,22,23). The summed E-state index contributed by atoms with van der Waals surface area (Å²) in [7, 11) is 1.63. The number of pyridine rings is 1. The molecule has 0 spiro atoms. The van der Waals surface area contributed by atoms with Gasteiger partial charge in [-0.2, -0.15) is 10.1 Å². The predicted octanol–water partition coefficient (Wildman–Crippen LogP) is 2.10. The van der Waals surface area contributed by atoms with Gasteiger partial charge < -0.3 is 5.32 Å². The Morgan fingerprint density at radius 3 is 2.96 bits per heavy atom. The van der Waals surface area contributed by atoms with Crippen LogP contribution in [0.5, 0.6) is 0 Å². The van der Waals surface area contributed by atoms with E-state index in [-0.39, 0.29) is 18.7 Å². The number of hydrogen-bond acceptors (Lipinski definition) is 6. The Hall–Kier alpha value is -3.56. The van der Waals surface area contributed by atoms with Crippen molar-refractivity contribution < 1.29 is 4.39 Å². The van der Waals surface area contributed by atoms with Crippen LogP contribution in [0.3, 0.4) is 0 Å². The molecule has 0 aromatic carbocycles. The molecule has 9 nitrogen and oxygen atoms in total. The lowest BCUT2D eigenvalue weighted by molar-refractivity contribution is 0.546. The van der Waals surface area contributed by atoms with Crippen molar-refractivity contribution in [3.63, 3.8) is 0 Å². The number of anilines is 2. The van der Waals surface area contributed by atoms with E-state index >= 15 is 0 Å². The number of nitrogens with one attached hydrogen (secondary N) is 1. The van der Waals surface area contributed by atoms with E-state index in [1.54, 1.807) is 24.0 Å². The zero-order valence-electron chi connectivity index (χ0n) is 14.8. The van der Waals surface area contributed by atoms with E-state index in [1.807, 2.05) is 13.0 Å². The van der Waals surface area contributed by atoms with Crippen molar-refractivity contribution in [1.29, 1.82) is 0 Å². The van der Waals surface area contributed by atoms with Crippen molar-refractivity contribution in [3.05, 3.63) is 53.2 Å². The van der Waals surface area contributed by atoms with Crippen molar-refractivity contribution in [2.75, 3.05) is 5.32 Å².